The van der Waals surface area contributed by atoms with Crippen LogP contribution in [0.15, 0.2) is 12.7 Å². The van der Waals surface area contributed by atoms with E-state index in [-0.39, 0.29) is 24.3 Å². The summed E-state index contributed by atoms with van der Waals surface area (Å²) < 4.78 is 6.52. The number of aliphatic hydroxyl groups excluding tert-OH is 1. The maximum absolute atomic E-state index is 14.1. The molecule has 2 bridgehead atoms. The number of rotatable bonds is 11. The van der Waals surface area contributed by atoms with Gasteiger partial charge >= 0.3 is 5.97 Å². The van der Waals surface area contributed by atoms with Gasteiger partial charge in [-0.2, -0.15) is 0 Å². The summed E-state index contributed by atoms with van der Waals surface area (Å²) in [7, 11) is 0. The van der Waals surface area contributed by atoms with Gasteiger partial charge in [0, 0.05) is 13.1 Å². The van der Waals surface area contributed by atoms with Crippen molar-refractivity contribution in [3.05, 3.63) is 12.7 Å². The van der Waals surface area contributed by atoms with Gasteiger partial charge in [0.1, 0.15) is 17.6 Å². The molecular formula is C25H40N2O6. The number of likely N-dealkylation sites (tertiary alicyclic amines) is 1. The Hall–Kier alpha value is -1.93. The first-order chi connectivity index (χ1) is 15.5. The number of fused-ring (bicyclic) bond motifs is 1. The van der Waals surface area contributed by atoms with Crippen molar-refractivity contribution < 1.29 is 29.3 Å². The zero-order valence-electron chi connectivity index (χ0n) is 20.6. The van der Waals surface area contributed by atoms with Gasteiger partial charge in [0.2, 0.25) is 11.8 Å². The molecule has 3 aliphatic heterocycles. The molecular weight excluding hydrogens is 424 g/mol. The Labute approximate surface area is 196 Å². The lowest BCUT2D eigenvalue weighted by Gasteiger charge is -2.40. The summed E-state index contributed by atoms with van der Waals surface area (Å²) in [6.45, 7) is 13.9. The molecule has 3 rings (SSSR count). The third-order valence-corrected chi connectivity index (χ3v) is 8.26. The van der Waals surface area contributed by atoms with Crippen LogP contribution >= 0.6 is 0 Å². The second-order valence-corrected chi connectivity index (χ2v) is 10.6. The summed E-state index contributed by atoms with van der Waals surface area (Å²) in [4.78, 5) is 43.6. The van der Waals surface area contributed by atoms with Gasteiger partial charge in [0.25, 0.3) is 0 Å². The van der Waals surface area contributed by atoms with Crippen LogP contribution in [0.3, 0.4) is 0 Å². The van der Waals surface area contributed by atoms with Crippen LogP contribution in [0.4, 0.5) is 0 Å². The second kappa shape index (κ2) is 9.37. The average Bonchev–Trinajstić information content (AvgIpc) is 3.25. The Kier molecular flexibility index (Phi) is 7.30. The standard InChI is InChI=1S/C25H40N2O6/c1-7-9-10-12-26(11-8-2)22(30)20-25-13-16(5)24(6,33-25)19(23(31)32)18(25)21(29)27(20)17(14-28)15(3)4/h8,15-20,28H,2,7,9-14H2,1,3-6H3,(H,31,32)/t16?,17-,18-,19+,20?,24-,25?/m0/s1. The van der Waals surface area contributed by atoms with Crippen molar-refractivity contribution in [3.8, 4) is 0 Å². The molecule has 1 spiro atoms. The van der Waals surface area contributed by atoms with E-state index >= 15 is 0 Å². The fourth-order valence-corrected chi connectivity index (χ4v) is 6.48. The Balaban J connectivity index is 2.12. The molecule has 7 atom stereocenters. The average molecular weight is 465 g/mol. The zero-order valence-corrected chi connectivity index (χ0v) is 20.6. The Bertz CT molecular complexity index is 800. The van der Waals surface area contributed by atoms with Gasteiger partial charge in [0.15, 0.2) is 0 Å². The van der Waals surface area contributed by atoms with Crippen LogP contribution < -0.4 is 0 Å². The first kappa shape index (κ1) is 25.7. The minimum absolute atomic E-state index is 0.120. The Morgan fingerprint density at radius 1 is 1.36 bits per heavy atom. The molecule has 0 aliphatic carbocycles. The van der Waals surface area contributed by atoms with Crippen molar-refractivity contribution in [1.82, 2.24) is 9.80 Å². The van der Waals surface area contributed by atoms with Crippen molar-refractivity contribution in [2.75, 3.05) is 19.7 Å². The largest absolute Gasteiger partial charge is 0.481 e. The van der Waals surface area contributed by atoms with Crippen LogP contribution in [-0.4, -0.2) is 80.8 Å². The van der Waals surface area contributed by atoms with E-state index < -0.39 is 47.0 Å². The minimum Gasteiger partial charge on any atom is -0.481 e. The number of hydrogen-bond acceptors (Lipinski definition) is 5. The maximum Gasteiger partial charge on any atom is 0.310 e. The second-order valence-electron chi connectivity index (χ2n) is 10.6. The van der Waals surface area contributed by atoms with Crippen LogP contribution in [0.1, 0.15) is 60.3 Å². The summed E-state index contributed by atoms with van der Waals surface area (Å²) in [5.74, 6) is -3.94. The summed E-state index contributed by atoms with van der Waals surface area (Å²) in [5.41, 5.74) is -2.23. The van der Waals surface area contributed by atoms with Crippen LogP contribution in [0.5, 0.6) is 0 Å². The predicted octanol–water partition coefficient (Wildman–Crippen LogP) is 2.30. The lowest BCUT2D eigenvalue weighted by Crippen LogP contribution is -2.59. The van der Waals surface area contributed by atoms with Crippen LogP contribution in [0.25, 0.3) is 0 Å². The molecule has 3 aliphatic rings. The third-order valence-electron chi connectivity index (χ3n) is 8.26. The van der Waals surface area contributed by atoms with E-state index in [0.29, 0.717) is 19.5 Å². The SMILES string of the molecule is C=CCN(CCCCC)C(=O)C1N([C@@H](CO)C(C)C)C(=O)[C@@H]2[C@H](C(=O)O)[C@@]3(C)OC12CC3C. The molecule has 0 aromatic heterocycles. The van der Waals surface area contributed by atoms with E-state index in [4.69, 9.17) is 4.74 Å². The molecule has 33 heavy (non-hydrogen) atoms. The van der Waals surface area contributed by atoms with Crippen molar-refractivity contribution in [2.24, 2.45) is 23.7 Å². The van der Waals surface area contributed by atoms with Crippen molar-refractivity contribution in [2.45, 2.75) is 83.6 Å². The van der Waals surface area contributed by atoms with Crippen molar-refractivity contribution >= 4 is 17.8 Å². The molecule has 2 N–H and O–H groups in total. The highest BCUT2D eigenvalue weighted by Gasteiger charge is 2.80. The van der Waals surface area contributed by atoms with Gasteiger partial charge in [-0.15, -0.1) is 6.58 Å². The van der Waals surface area contributed by atoms with Gasteiger partial charge < -0.3 is 24.7 Å². The number of aliphatic hydroxyl groups is 1. The van der Waals surface area contributed by atoms with Gasteiger partial charge in [-0.1, -0.05) is 46.6 Å². The van der Waals surface area contributed by atoms with Crippen LogP contribution in [0, 0.1) is 23.7 Å². The summed E-state index contributed by atoms with van der Waals surface area (Å²) in [6, 6.07) is -1.57. The maximum atomic E-state index is 14.1. The summed E-state index contributed by atoms with van der Waals surface area (Å²) in [6.07, 6.45) is 4.91. The van der Waals surface area contributed by atoms with E-state index in [0.717, 1.165) is 19.3 Å². The lowest BCUT2D eigenvalue weighted by atomic mass is 9.62. The highest BCUT2D eigenvalue weighted by Crippen LogP contribution is 2.65. The van der Waals surface area contributed by atoms with Gasteiger partial charge in [-0.3, -0.25) is 14.4 Å². The van der Waals surface area contributed by atoms with E-state index in [9.17, 15) is 24.6 Å². The molecule has 3 unspecified atom stereocenters. The molecule has 8 heteroatoms. The number of amides is 2. The first-order valence-corrected chi connectivity index (χ1v) is 12.3. The number of aliphatic carboxylic acids is 1. The van der Waals surface area contributed by atoms with E-state index in [1.807, 2.05) is 20.8 Å². The predicted molar refractivity (Wildman–Crippen MR) is 123 cm³/mol. The fourth-order valence-electron chi connectivity index (χ4n) is 6.48. The van der Waals surface area contributed by atoms with Crippen molar-refractivity contribution in [3.63, 3.8) is 0 Å². The number of carboxylic acids is 1. The highest BCUT2D eigenvalue weighted by molar-refractivity contribution is 5.98. The molecule has 3 saturated heterocycles. The van der Waals surface area contributed by atoms with Gasteiger partial charge in [-0.05, 0) is 31.6 Å². The third kappa shape index (κ3) is 3.79. The number of carbonyl (C=O) groups excluding carboxylic acids is 2. The molecule has 0 aromatic rings. The minimum atomic E-state index is -1.21. The number of carbonyl (C=O) groups is 3. The first-order valence-electron chi connectivity index (χ1n) is 12.3. The molecule has 2 amide bonds. The molecule has 0 aromatic carbocycles. The normalized spacial score (nSPS) is 35.7. The summed E-state index contributed by atoms with van der Waals surface area (Å²) >= 11 is 0. The van der Waals surface area contributed by atoms with E-state index in [1.165, 1.54) is 4.90 Å². The summed E-state index contributed by atoms with van der Waals surface area (Å²) in [5, 5.41) is 20.3. The van der Waals surface area contributed by atoms with Gasteiger partial charge in [0.05, 0.1) is 24.2 Å². The number of ether oxygens (including phenoxy) is 1. The topological polar surface area (TPSA) is 107 Å². The smallest absolute Gasteiger partial charge is 0.310 e. The monoisotopic (exact) mass is 464 g/mol. The molecule has 3 heterocycles. The number of carboxylic acid groups (broad SMARTS) is 1. The highest BCUT2D eigenvalue weighted by atomic mass is 16.5. The molecule has 186 valence electrons. The molecule has 3 fully saturated rings. The lowest BCUT2D eigenvalue weighted by molar-refractivity contribution is -0.160. The number of hydrogen-bond donors (Lipinski definition) is 2. The van der Waals surface area contributed by atoms with E-state index in [1.54, 1.807) is 17.9 Å². The number of nitrogens with zero attached hydrogens (tertiary/aromatic N) is 2. The number of unbranched alkanes of at least 4 members (excludes halogenated alkanes) is 2. The Morgan fingerprint density at radius 3 is 2.55 bits per heavy atom. The fraction of sp³-hybridized carbons (Fsp3) is 0.800. The van der Waals surface area contributed by atoms with E-state index in [2.05, 4.69) is 13.5 Å². The molecule has 8 nitrogen and oxygen atoms in total. The zero-order chi connectivity index (χ0) is 24.7. The molecule has 0 saturated carbocycles. The molecule has 0 radical (unpaired) electrons. The van der Waals surface area contributed by atoms with Crippen LogP contribution in [0.2, 0.25) is 0 Å². The quantitative estimate of drug-likeness (QED) is 0.359. The Morgan fingerprint density at radius 2 is 2.03 bits per heavy atom. The van der Waals surface area contributed by atoms with Gasteiger partial charge in [-0.25, -0.2) is 0 Å². The van der Waals surface area contributed by atoms with Crippen molar-refractivity contribution in [1.29, 1.82) is 0 Å². The van der Waals surface area contributed by atoms with Crippen LogP contribution in [-0.2, 0) is 19.1 Å².